The largest absolute Gasteiger partial charge is 0.435 e. The monoisotopic (exact) mass is 356 g/mol. The van der Waals surface area contributed by atoms with Gasteiger partial charge in [0.25, 0.3) is 5.91 Å². The van der Waals surface area contributed by atoms with Crippen LogP contribution in [0.25, 0.3) is 0 Å². The van der Waals surface area contributed by atoms with E-state index >= 15 is 0 Å². The third kappa shape index (κ3) is 4.16. The molecule has 2 rings (SSSR count). The molecular weight excluding hydrogens is 346 g/mol. The first kappa shape index (κ1) is 15.2. The molecule has 0 radical (unpaired) electrons. The van der Waals surface area contributed by atoms with Gasteiger partial charge < -0.3 is 15.8 Å². The average Bonchev–Trinajstić information content (AvgIpc) is 2.41. The Kier molecular flexibility index (Phi) is 4.74. The van der Waals surface area contributed by atoms with Gasteiger partial charge in [0, 0.05) is 15.7 Å². The Labute approximate surface area is 128 Å². The molecular formula is C14H11BrF2N2O2. The van der Waals surface area contributed by atoms with Gasteiger partial charge >= 0.3 is 6.61 Å². The average molecular weight is 357 g/mol. The molecule has 0 aliphatic carbocycles. The van der Waals surface area contributed by atoms with Gasteiger partial charge in [0.1, 0.15) is 5.75 Å². The number of anilines is 2. The number of ether oxygens (including phenoxy) is 1. The summed E-state index contributed by atoms with van der Waals surface area (Å²) in [6, 6.07) is 10.5. The number of halogens is 3. The minimum atomic E-state index is -2.94. The first-order chi connectivity index (χ1) is 9.95. The normalized spacial score (nSPS) is 10.5. The minimum Gasteiger partial charge on any atom is -0.435 e. The highest BCUT2D eigenvalue weighted by Crippen LogP contribution is 2.25. The topological polar surface area (TPSA) is 64.3 Å². The van der Waals surface area contributed by atoms with Crippen molar-refractivity contribution in [3.63, 3.8) is 0 Å². The van der Waals surface area contributed by atoms with E-state index in [-0.39, 0.29) is 11.3 Å². The second kappa shape index (κ2) is 6.53. The zero-order chi connectivity index (χ0) is 15.4. The lowest BCUT2D eigenvalue weighted by Crippen LogP contribution is -2.13. The summed E-state index contributed by atoms with van der Waals surface area (Å²) >= 11 is 3.28. The summed E-state index contributed by atoms with van der Waals surface area (Å²) in [4.78, 5) is 12.1. The van der Waals surface area contributed by atoms with Crippen molar-refractivity contribution in [2.45, 2.75) is 6.61 Å². The van der Waals surface area contributed by atoms with Crippen molar-refractivity contribution in [3.05, 3.63) is 52.5 Å². The molecule has 0 bridgehead atoms. The Balaban J connectivity index is 2.16. The summed E-state index contributed by atoms with van der Waals surface area (Å²) in [6.07, 6.45) is 0. The Morgan fingerprint density at radius 1 is 1.24 bits per heavy atom. The van der Waals surface area contributed by atoms with E-state index in [1.807, 2.05) is 0 Å². The van der Waals surface area contributed by atoms with E-state index in [4.69, 9.17) is 5.73 Å². The van der Waals surface area contributed by atoms with Crippen LogP contribution in [0.5, 0.6) is 5.75 Å². The predicted molar refractivity (Wildman–Crippen MR) is 79.6 cm³/mol. The molecule has 1 amide bonds. The number of carbonyl (C=O) groups excluding carboxylic acids is 1. The highest BCUT2D eigenvalue weighted by Gasteiger charge is 2.11. The van der Waals surface area contributed by atoms with E-state index in [1.165, 1.54) is 24.3 Å². The maximum absolute atomic E-state index is 12.2. The number of rotatable bonds is 4. The summed E-state index contributed by atoms with van der Waals surface area (Å²) in [5.41, 5.74) is 6.88. The van der Waals surface area contributed by atoms with Gasteiger partial charge in [0.2, 0.25) is 0 Å². The lowest BCUT2D eigenvalue weighted by Gasteiger charge is -2.09. The van der Waals surface area contributed by atoms with E-state index in [9.17, 15) is 13.6 Å². The van der Waals surface area contributed by atoms with Gasteiger partial charge in [-0.3, -0.25) is 4.79 Å². The van der Waals surface area contributed by atoms with E-state index in [0.29, 0.717) is 15.8 Å². The van der Waals surface area contributed by atoms with E-state index in [2.05, 4.69) is 26.0 Å². The maximum Gasteiger partial charge on any atom is 0.387 e. The number of alkyl halides is 2. The van der Waals surface area contributed by atoms with E-state index in [1.54, 1.807) is 18.2 Å². The van der Waals surface area contributed by atoms with Gasteiger partial charge in [-0.2, -0.15) is 8.78 Å². The van der Waals surface area contributed by atoms with Crippen LogP contribution in [0.1, 0.15) is 10.4 Å². The molecule has 7 heteroatoms. The highest BCUT2D eigenvalue weighted by molar-refractivity contribution is 9.10. The minimum absolute atomic E-state index is 0.0750. The zero-order valence-electron chi connectivity index (χ0n) is 10.6. The molecule has 2 aromatic rings. The van der Waals surface area contributed by atoms with Gasteiger partial charge in [-0.15, -0.1) is 0 Å². The smallest absolute Gasteiger partial charge is 0.387 e. The summed E-state index contributed by atoms with van der Waals surface area (Å²) in [6.45, 7) is -2.94. The summed E-state index contributed by atoms with van der Waals surface area (Å²) < 4.78 is 29.2. The SMILES string of the molecule is Nc1ccc(NC(=O)c2cccc(OC(F)F)c2)c(Br)c1. The molecule has 110 valence electrons. The maximum atomic E-state index is 12.2. The highest BCUT2D eigenvalue weighted by atomic mass is 79.9. The molecule has 0 aliphatic heterocycles. The second-order valence-electron chi connectivity index (χ2n) is 4.10. The molecule has 0 spiro atoms. The van der Waals surface area contributed by atoms with Crippen LogP contribution in [0.4, 0.5) is 20.2 Å². The number of hydrogen-bond acceptors (Lipinski definition) is 3. The molecule has 0 saturated carbocycles. The quantitative estimate of drug-likeness (QED) is 0.817. The molecule has 0 saturated heterocycles. The third-order valence-electron chi connectivity index (χ3n) is 2.56. The molecule has 0 unspecified atom stereocenters. The fraction of sp³-hybridized carbons (Fsp3) is 0.0714. The first-order valence-corrected chi connectivity index (χ1v) is 6.66. The van der Waals surface area contributed by atoms with E-state index in [0.717, 1.165) is 0 Å². The molecule has 0 aromatic heterocycles. The number of nitrogen functional groups attached to an aromatic ring is 1. The molecule has 0 aliphatic rings. The van der Waals surface area contributed by atoms with Crippen LogP contribution in [0.3, 0.4) is 0 Å². The van der Waals surface area contributed by atoms with Gasteiger partial charge in [-0.1, -0.05) is 6.07 Å². The zero-order valence-corrected chi connectivity index (χ0v) is 12.2. The van der Waals surface area contributed by atoms with Crippen molar-refractivity contribution >= 4 is 33.2 Å². The van der Waals surface area contributed by atoms with Gasteiger partial charge in [-0.25, -0.2) is 0 Å². The fourth-order valence-corrected chi connectivity index (χ4v) is 2.14. The van der Waals surface area contributed by atoms with Crippen molar-refractivity contribution in [1.29, 1.82) is 0 Å². The van der Waals surface area contributed by atoms with E-state index < -0.39 is 12.5 Å². The van der Waals surface area contributed by atoms with Crippen LogP contribution in [0.15, 0.2) is 46.9 Å². The number of amides is 1. The predicted octanol–water partition coefficient (Wildman–Crippen LogP) is 3.89. The van der Waals surface area contributed by atoms with Crippen molar-refractivity contribution in [2.24, 2.45) is 0 Å². The van der Waals surface area contributed by atoms with Crippen LogP contribution in [0.2, 0.25) is 0 Å². The fourth-order valence-electron chi connectivity index (χ4n) is 1.64. The second-order valence-corrected chi connectivity index (χ2v) is 4.95. The van der Waals surface area contributed by atoms with Crippen LogP contribution < -0.4 is 15.8 Å². The Hall–Kier alpha value is -2.15. The molecule has 2 aromatic carbocycles. The number of carbonyl (C=O) groups is 1. The molecule has 21 heavy (non-hydrogen) atoms. The standard InChI is InChI=1S/C14H11BrF2N2O2/c15-11-7-9(18)4-5-12(11)19-13(20)8-2-1-3-10(6-8)21-14(16)17/h1-7,14H,18H2,(H,19,20). The number of nitrogens with one attached hydrogen (secondary N) is 1. The first-order valence-electron chi connectivity index (χ1n) is 5.87. The lowest BCUT2D eigenvalue weighted by atomic mass is 10.2. The summed E-state index contributed by atoms with van der Waals surface area (Å²) in [5, 5.41) is 2.65. The Bertz CT molecular complexity index is 665. The number of nitrogens with two attached hydrogens (primary N) is 1. The van der Waals surface area contributed by atoms with Crippen molar-refractivity contribution < 1.29 is 18.3 Å². The Morgan fingerprint density at radius 3 is 2.67 bits per heavy atom. The molecule has 3 N–H and O–H groups in total. The van der Waals surface area contributed by atoms with Gasteiger partial charge in [0.15, 0.2) is 0 Å². The van der Waals surface area contributed by atoms with Crippen LogP contribution in [-0.4, -0.2) is 12.5 Å². The summed E-state index contributed by atoms with van der Waals surface area (Å²) in [5.74, 6) is -0.519. The molecule has 0 fully saturated rings. The van der Waals surface area contributed by atoms with Crippen molar-refractivity contribution in [2.75, 3.05) is 11.1 Å². The third-order valence-corrected chi connectivity index (χ3v) is 3.22. The van der Waals surface area contributed by atoms with Gasteiger partial charge in [-0.05, 0) is 52.3 Å². The lowest BCUT2D eigenvalue weighted by molar-refractivity contribution is -0.0498. The van der Waals surface area contributed by atoms with Crippen LogP contribution >= 0.6 is 15.9 Å². The molecule has 4 nitrogen and oxygen atoms in total. The molecule has 0 atom stereocenters. The molecule has 0 heterocycles. The van der Waals surface area contributed by atoms with Crippen molar-refractivity contribution in [3.8, 4) is 5.75 Å². The Morgan fingerprint density at radius 2 is 2.00 bits per heavy atom. The van der Waals surface area contributed by atoms with Crippen molar-refractivity contribution in [1.82, 2.24) is 0 Å². The number of benzene rings is 2. The number of hydrogen-bond donors (Lipinski definition) is 2. The van der Waals surface area contributed by atoms with Gasteiger partial charge in [0.05, 0.1) is 5.69 Å². The van der Waals surface area contributed by atoms with Crippen LogP contribution in [0, 0.1) is 0 Å². The summed E-state index contributed by atoms with van der Waals surface area (Å²) in [7, 11) is 0. The van der Waals surface area contributed by atoms with Crippen LogP contribution in [-0.2, 0) is 0 Å².